The minimum atomic E-state index is -5.32. The van der Waals surface area contributed by atoms with E-state index in [0.29, 0.717) is 12.3 Å². The molecule has 1 aliphatic heterocycles. The van der Waals surface area contributed by atoms with Gasteiger partial charge in [-0.1, -0.05) is 0 Å². The number of ether oxygens (including phenoxy) is 1. The predicted octanol–water partition coefficient (Wildman–Crippen LogP) is 4.67. The lowest BCUT2D eigenvalue weighted by Crippen LogP contribution is -2.60. The van der Waals surface area contributed by atoms with Crippen LogP contribution in [-0.4, -0.2) is 55.2 Å². The molecule has 43 heavy (non-hydrogen) atoms. The van der Waals surface area contributed by atoms with Gasteiger partial charge in [-0.05, 0) is 49.8 Å². The van der Waals surface area contributed by atoms with E-state index in [1.54, 1.807) is 10.0 Å². The van der Waals surface area contributed by atoms with E-state index in [-0.39, 0.29) is 43.2 Å². The predicted molar refractivity (Wildman–Crippen MR) is 137 cm³/mol. The Balaban J connectivity index is 1.67. The van der Waals surface area contributed by atoms with Gasteiger partial charge < -0.3 is 10.1 Å². The van der Waals surface area contributed by atoms with E-state index in [4.69, 9.17) is 4.74 Å². The minimum absolute atomic E-state index is 0.0259. The zero-order chi connectivity index (χ0) is 31.8. The number of aromatic nitrogens is 2. The van der Waals surface area contributed by atoms with Crippen LogP contribution in [0.25, 0.3) is 5.57 Å². The highest BCUT2D eigenvalue weighted by Gasteiger charge is 2.61. The number of amides is 2. The van der Waals surface area contributed by atoms with Crippen LogP contribution in [0.5, 0.6) is 5.75 Å². The Hall–Kier alpha value is -3.63. The number of carbonyl (C=O) groups excluding carboxylic acids is 2. The number of sulfonamides is 1. The Kier molecular flexibility index (Phi) is 8.86. The zero-order valence-electron chi connectivity index (χ0n) is 22.6. The zero-order valence-corrected chi connectivity index (χ0v) is 23.4. The first-order valence-electron chi connectivity index (χ1n) is 13.1. The first kappa shape index (κ1) is 32.3. The van der Waals surface area contributed by atoms with Gasteiger partial charge >= 0.3 is 12.4 Å². The largest absolute Gasteiger partial charge is 0.493 e. The van der Waals surface area contributed by atoms with E-state index in [1.807, 2.05) is 0 Å². The van der Waals surface area contributed by atoms with Crippen molar-refractivity contribution in [2.75, 3.05) is 12.9 Å². The number of rotatable bonds is 11. The number of hydrogen-bond acceptors (Lipinski definition) is 6. The van der Waals surface area contributed by atoms with Crippen LogP contribution in [-0.2, 0) is 25.2 Å². The number of halogens is 7. The molecular weight excluding hydrogens is 613 g/mol. The summed E-state index contributed by atoms with van der Waals surface area (Å²) in [7, 11) is -4.22. The highest BCUT2D eigenvalue weighted by atomic mass is 32.2. The standard InChI is InChI=1S/C26H27F7N4O5S/c1-43(40,41)36-23(39)21-18(15-13-34-37(14-15)16-5-6-16)12-24(26(31,32)33,35-22(21)38)19-8-7-17(11-20(19)27)42-10-4-2-3-9-25(28,29)30/h7-8,11,13-14,16H,2-6,9-10,12H2,1H3,(H,35,38)(H,36,39). The number of benzene rings is 1. The van der Waals surface area contributed by atoms with Crippen molar-refractivity contribution in [2.24, 2.45) is 0 Å². The Morgan fingerprint density at radius 2 is 1.86 bits per heavy atom. The molecule has 0 saturated heterocycles. The van der Waals surface area contributed by atoms with Gasteiger partial charge in [-0.3, -0.25) is 14.3 Å². The minimum Gasteiger partial charge on any atom is -0.493 e. The fourth-order valence-electron chi connectivity index (χ4n) is 4.74. The Bertz CT molecular complexity index is 1530. The van der Waals surface area contributed by atoms with Gasteiger partial charge in [-0.25, -0.2) is 17.5 Å². The summed E-state index contributed by atoms with van der Waals surface area (Å²) in [6, 6.07) is 2.41. The van der Waals surface area contributed by atoms with Crippen LogP contribution in [0.3, 0.4) is 0 Å². The molecule has 0 spiro atoms. The maximum atomic E-state index is 15.4. The monoisotopic (exact) mass is 640 g/mol. The summed E-state index contributed by atoms with van der Waals surface area (Å²) in [5.74, 6) is -4.66. The Morgan fingerprint density at radius 1 is 1.16 bits per heavy atom. The van der Waals surface area contributed by atoms with Crippen LogP contribution in [0.4, 0.5) is 30.7 Å². The van der Waals surface area contributed by atoms with Crippen LogP contribution in [0.15, 0.2) is 36.2 Å². The highest BCUT2D eigenvalue weighted by molar-refractivity contribution is 7.89. The fraction of sp³-hybridized carbons (Fsp3) is 0.500. The molecule has 1 atom stereocenters. The lowest BCUT2D eigenvalue weighted by Gasteiger charge is -2.41. The van der Waals surface area contributed by atoms with Crippen molar-refractivity contribution < 1.29 is 53.5 Å². The van der Waals surface area contributed by atoms with E-state index in [9.17, 15) is 44.3 Å². The summed E-state index contributed by atoms with van der Waals surface area (Å²) in [6.07, 6.45) is -6.97. The molecule has 1 aromatic carbocycles. The SMILES string of the molecule is CS(=O)(=O)NC(=O)C1=C(c2cnn(C3CC3)c2)CC(c2ccc(OCCCCCC(F)(F)F)cc2F)(C(F)(F)F)NC1=O. The summed E-state index contributed by atoms with van der Waals surface area (Å²) >= 11 is 0. The van der Waals surface area contributed by atoms with Crippen LogP contribution in [0.2, 0.25) is 0 Å². The molecule has 2 N–H and O–H groups in total. The van der Waals surface area contributed by atoms with Crippen molar-refractivity contribution in [1.29, 1.82) is 0 Å². The number of hydrogen-bond donors (Lipinski definition) is 2. The summed E-state index contributed by atoms with van der Waals surface area (Å²) in [4.78, 5) is 26.0. The molecule has 2 aromatic rings. The van der Waals surface area contributed by atoms with Crippen molar-refractivity contribution in [3.63, 3.8) is 0 Å². The topological polar surface area (TPSA) is 119 Å². The van der Waals surface area contributed by atoms with Crippen LogP contribution in [0, 0.1) is 5.82 Å². The molecule has 1 saturated carbocycles. The van der Waals surface area contributed by atoms with Gasteiger partial charge in [0, 0.05) is 36.2 Å². The third kappa shape index (κ3) is 7.67. The molecule has 2 heterocycles. The molecule has 1 fully saturated rings. The number of carbonyl (C=O) groups is 2. The Labute approximate surface area is 241 Å². The molecule has 236 valence electrons. The second-order valence-corrected chi connectivity index (χ2v) is 12.2. The molecule has 17 heteroatoms. The van der Waals surface area contributed by atoms with Crippen molar-refractivity contribution in [2.45, 2.75) is 68.9 Å². The maximum Gasteiger partial charge on any atom is 0.416 e. The van der Waals surface area contributed by atoms with Crippen molar-refractivity contribution in [3.05, 3.63) is 53.1 Å². The molecule has 0 radical (unpaired) electrons. The first-order chi connectivity index (χ1) is 19.9. The van der Waals surface area contributed by atoms with Crippen LogP contribution < -0.4 is 14.8 Å². The van der Waals surface area contributed by atoms with E-state index >= 15 is 4.39 Å². The van der Waals surface area contributed by atoms with Gasteiger partial charge in [-0.2, -0.15) is 31.4 Å². The van der Waals surface area contributed by atoms with E-state index in [1.165, 1.54) is 10.9 Å². The van der Waals surface area contributed by atoms with Crippen LogP contribution >= 0.6 is 0 Å². The van der Waals surface area contributed by atoms with Gasteiger partial charge in [0.05, 0.1) is 25.1 Å². The van der Waals surface area contributed by atoms with E-state index in [2.05, 4.69) is 5.10 Å². The molecule has 1 aliphatic carbocycles. The quantitative estimate of drug-likeness (QED) is 0.210. The summed E-state index contributed by atoms with van der Waals surface area (Å²) in [5, 5.41) is 5.80. The maximum absolute atomic E-state index is 15.4. The van der Waals surface area contributed by atoms with Gasteiger partial charge in [0.25, 0.3) is 11.8 Å². The molecule has 1 unspecified atom stereocenters. The number of nitrogens with zero attached hydrogens (tertiary/aromatic N) is 2. The van der Waals surface area contributed by atoms with Gasteiger partial charge in [0.15, 0.2) is 5.54 Å². The number of nitrogens with one attached hydrogen (secondary N) is 2. The number of unbranched alkanes of at least 4 members (excludes halogenated alkanes) is 2. The van der Waals surface area contributed by atoms with Gasteiger partial charge in [-0.15, -0.1) is 0 Å². The lowest BCUT2D eigenvalue weighted by atomic mass is 9.76. The third-order valence-electron chi connectivity index (χ3n) is 6.93. The summed E-state index contributed by atoms with van der Waals surface area (Å²) < 4.78 is 128. The summed E-state index contributed by atoms with van der Waals surface area (Å²) in [5.41, 5.74) is -5.82. The number of alkyl halides is 6. The fourth-order valence-corrected chi connectivity index (χ4v) is 5.18. The highest BCUT2D eigenvalue weighted by Crippen LogP contribution is 2.49. The normalized spacial score (nSPS) is 19.8. The smallest absolute Gasteiger partial charge is 0.416 e. The lowest BCUT2D eigenvalue weighted by molar-refractivity contribution is -0.202. The molecule has 9 nitrogen and oxygen atoms in total. The molecular formula is C26H27F7N4O5S. The molecule has 2 amide bonds. The van der Waals surface area contributed by atoms with Crippen LogP contribution in [0.1, 0.15) is 62.1 Å². The van der Waals surface area contributed by atoms with Crippen molar-refractivity contribution in [1.82, 2.24) is 19.8 Å². The van der Waals surface area contributed by atoms with Crippen molar-refractivity contribution in [3.8, 4) is 5.75 Å². The van der Waals surface area contributed by atoms with Gasteiger partial charge in [0.2, 0.25) is 10.0 Å². The second kappa shape index (κ2) is 11.8. The first-order valence-corrected chi connectivity index (χ1v) is 15.0. The second-order valence-electron chi connectivity index (χ2n) is 10.4. The average molecular weight is 641 g/mol. The summed E-state index contributed by atoms with van der Waals surface area (Å²) in [6.45, 7) is -0.117. The van der Waals surface area contributed by atoms with Gasteiger partial charge in [0.1, 0.15) is 17.1 Å². The van der Waals surface area contributed by atoms with E-state index < -0.39 is 75.1 Å². The van der Waals surface area contributed by atoms with E-state index in [0.717, 1.165) is 31.2 Å². The molecule has 4 rings (SSSR count). The average Bonchev–Trinajstić information content (AvgIpc) is 3.59. The Morgan fingerprint density at radius 3 is 2.44 bits per heavy atom. The molecule has 2 aliphatic rings. The molecule has 0 bridgehead atoms. The van der Waals surface area contributed by atoms with Crippen molar-refractivity contribution >= 4 is 27.4 Å². The molecule has 1 aromatic heterocycles. The third-order valence-corrected chi connectivity index (χ3v) is 7.49.